The second-order valence-electron chi connectivity index (χ2n) is 18.2. The van der Waals surface area contributed by atoms with E-state index >= 15 is 0 Å². The Morgan fingerprint density at radius 2 is 1.51 bits per heavy atom. The van der Waals surface area contributed by atoms with Gasteiger partial charge >= 0.3 is 59.1 Å². The number of ketones is 1. The third kappa shape index (κ3) is 12.5. The zero-order valence-electron chi connectivity index (χ0n) is 39.9. The molecule has 24 heteroatoms. The smallest absolute Gasteiger partial charge is 0.744 e. The molecule has 362 valence electrons. The fourth-order valence-electron chi connectivity index (χ4n) is 8.72. The Hall–Kier alpha value is -4.11. The zero-order chi connectivity index (χ0) is 49.7. The van der Waals surface area contributed by atoms with E-state index in [1.165, 1.54) is 30.3 Å². The fourth-order valence-corrected chi connectivity index (χ4v) is 11.4. The molecule has 3 N–H and O–H groups in total. The number of carbonyl (C=O) groups excluding carboxylic acids is 1. The van der Waals surface area contributed by atoms with Crippen LogP contribution >= 0.6 is 12.0 Å². The Balaban J connectivity index is 0.00000413. The Morgan fingerprint density at radius 1 is 0.831 bits per heavy atom. The Labute approximate surface area is 460 Å². The summed E-state index contributed by atoms with van der Waals surface area (Å²) in [6, 6.07) is 24.3. The molecule has 0 saturated carbocycles. The van der Waals surface area contributed by atoms with Crippen molar-refractivity contribution < 1.29 is 118 Å². The molecule has 71 heavy (non-hydrogen) atoms. The van der Waals surface area contributed by atoms with E-state index in [4.69, 9.17) is 23.8 Å². The predicted octanol–water partition coefficient (Wildman–Crippen LogP) is 1.72. The van der Waals surface area contributed by atoms with E-state index in [-0.39, 0.29) is 162 Å². The third-order valence-corrected chi connectivity index (χ3v) is 14.6. The molecule has 0 saturated heterocycles. The zero-order valence-corrected chi connectivity index (χ0v) is 47.2. The van der Waals surface area contributed by atoms with Crippen molar-refractivity contribution in [2.45, 2.75) is 67.6 Å². The van der Waals surface area contributed by atoms with Gasteiger partial charge in [-0.2, -0.15) is 4.33 Å². The van der Waals surface area contributed by atoms with Gasteiger partial charge in [0.15, 0.2) is 17.4 Å². The van der Waals surface area contributed by atoms with Gasteiger partial charge in [-0.3, -0.25) is 19.3 Å². The van der Waals surface area contributed by atoms with Crippen LogP contribution in [0.5, 0.6) is 17.2 Å². The van der Waals surface area contributed by atoms with Gasteiger partial charge in [-0.15, -0.1) is 0 Å². The molecule has 0 spiro atoms. The first-order valence-corrected chi connectivity index (χ1v) is 26.7. The summed E-state index contributed by atoms with van der Waals surface area (Å²) in [7, 11) is -13.0. The molecule has 6 aromatic rings. The van der Waals surface area contributed by atoms with Crippen LogP contribution in [0.2, 0.25) is 0 Å². The number of hydrogen-bond acceptors (Lipinski definition) is 17. The monoisotopic (exact) mass is 1060 g/mol. The van der Waals surface area contributed by atoms with Crippen molar-refractivity contribution in [1.29, 1.82) is 0 Å². The number of sulfonamides is 2. The van der Waals surface area contributed by atoms with Crippen LogP contribution in [0.3, 0.4) is 0 Å². The van der Waals surface area contributed by atoms with Crippen LogP contribution in [-0.4, -0.2) is 65.8 Å². The van der Waals surface area contributed by atoms with E-state index in [1.54, 1.807) is 48.5 Å². The molecule has 2 aliphatic rings. The van der Waals surface area contributed by atoms with Gasteiger partial charge in [-0.1, -0.05) is 77.1 Å². The Kier molecular flexibility index (Phi) is 17.2. The number of rotatable bonds is 17. The van der Waals surface area contributed by atoms with Gasteiger partial charge in [0, 0.05) is 29.1 Å². The predicted molar refractivity (Wildman–Crippen MR) is 257 cm³/mol. The summed E-state index contributed by atoms with van der Waals surface area (Å²) in [6.45, 7) is 10.7. The van der Waals surface area contributed by atoms with Crippen molar-refractivity contribution in [2.24, 2.45) is 10.4 Å². The fraction of sp³-hybridized carbons (Fsp3) is 0.255. The average Bonchev–Trinajstić information content (AvgIpc) is 3.26. The second kappa shape index (κ2) is 21.8. The van der Waals surface area contributed by atoms with Crippen molar-refractivity contribution >= 4 is 81.9 Å². The van der Waals surface area contributed by atoms with Crippen LogP contribution in [0, 0.1) is 5.41 Å². The number of nitrogens with zero attached hydrogens (tertiary/aromatic N) is 2. The summed E-state index contributed by atoms with van der Waals surface area (Å²) in [5, 5.41) is 18.3. The number of amidine groups is 1. The average molecular weight is 1060 g/mol. The molecular formula is C47H45N5Na2O13S4. The number of benzene rings is 5. The van der Waals surface area contributed by atoms with Crippen LogP contribution in [0.1, 0.15) is 74.5 Å². The molecule has 5 aromatic carbocycles. The number of carbonyl (C=O) groups is 1. The van der Waals surface area contributed by atoms with E-state index in [0.29, 0.717) is 28.3 Å². The molecule has 0 amide bonds. The largest absolute Gasteiger partial charge is 1.00 e. The SMILES string of the molecule is CC(C)(C)CC(C)(C)c1ccc(Oc2cc(NS(C)(=O)=O)c3c4c(c(C5=Nc6ccccc6S(=O)(=O)N5)c(NCCCOc5ccc(S(=O)(=O)[O-])cc5)nc24)-c2ccccc2C3=O)c(SOO[O-])c1.[Na+].[Na+]. The third-order valence-electron chi connectivity index (χ3n) is 11.1. The molecule has 0 atom stereocenters. The summed E-state index contributed by atoms with van der Waals surface area (Å²) in [5.74, 6) is -0.276. The number of para-hydroxylation sites is 1. The first-order chi connectivity index (χ1) is 32.4. The summed E-state index contributed by atoms with van der Waals surface area (Å²) >= 11 is 0.590. The summed E-state index contributed by atoms with van der Waals surface area (Å²) in [5.41, 5.74) is 1.24. The molecule has 1 aromatic heterocycles. The van der Waals surface area contributed by atoms with Crippen molar-refractivity contribution in [2.75, 3.05) is 29.4 Å². The molecule has 0 unspecified atom stereocenters. The normalized spacial score (nSPS) is 13.9. The number of anilines is 2. The number of pyridine rings is 1. The van der Waals surface area contributed by atoms with E-state index < -0.39 is 40.8 Å². The maximum Gasteiger partial charge on any atom is 1.00 e. The van der Waals surface area contributed by atoms with E-state index in [0.717, 1.165) is 30.4 Å². The second-order valence-corrected chi connectivity index (χ2v) is 23.7. The minimum absolute atomic E-state index is 0. The molecule has 8 rings (SSSR count). The first kappa shape index (κ1) is 56.2. The van der Waals surface area contributed by atoms with Crippen LogP contribution in [0.25, 0.3) is 22.0 Å². The molecule has 0 bridgehead atoms. The molecule has 0 fully saturated rings. The van der Waals surface area contributed by atoms with Crippen molar-refractivity contribution in [1.82, 2.24) is 9.71 Å². The number of aromatic nitrogens is 1. The number of nitrogens with one attached hydrogen (secondary N) is 3. The minimum atomic E-state index is -4.66. The van der Waals surface area contributed by atoms with Crippen LogP contribution < -0.4 is 88.6 Å². The van der Waals surface area contributed by atoms with Gasteiger partial charge in [0.1, 0.15) is 37.8 Å². The van der Waals surface area contributed by atoms with Crippen LogP contribution in [0.15, 0.2) is 117 Å². The maximum absolute atomic E-state index is 14.8. The van der Waals surface area contributed by atoms with Crippen molar-refractivity contribution in [3.05, 3.63) is 119 Å². The van der Waals surface area contributed by atoms with Gasteiger partial charge in [0.05, 0.1) is 57.2 Å². The van der Waals surface area contributed by atoms with Gasteiger partial charge in [-0.05, 0) is 83.3 Å². The van der Waals surface area contributed by atoms with E-state index in [1.807, 2.05) is 6.07 Å². The summed E-state index contributed by atoms with van der Waals surface area (Å²) < 4.78 is 111. The summed E-state index contributed by atoms with van der Waals surface area (Å²) in [6.07, 6.45) is 1.99. The van der Waals surface area contributed by atoms with Gasteiger partial charge in [-0.25, -0.2) is 35.2 Å². The Morgan fingerprint density at radius 3 is 2.17 bits per heavy atom. The van der Waals surface area contributed by atoms with Gasteiger partial charge in [0.2, 0.25) is 10.0 Å². The van der Waals surface area contributed by atoms with Crippen LogP contribution in [0.4, 0.5) is 17.2 Å². The van der Waals surface area contributed by atoms with Crippen molar-refractivity contribution in [3.63, 3.8) is 0 Å². The number of aliphatic imine (C=N–C) groups is 1. The standard InChI is InChI=1S/C47H47N5O13S4.2Na/c1-46(2,3)26-47(4,5)27-16-21-34(36(24-27)66-65-64-54)63-35-25-33(51-67(6,55)56)39-40-38(30-12-7-8-13-31(30)43(39)53)41(45-49-32-14-9-10-15-37(32)68(57,58)52-45)44(50-42(35)40)48-22-11-23-62-28-17-19-29(20-18-28)69(59,60)61;;/h7-10,12-21,24-25,51,54H,11,22-23,26H2,1-6H3,(H,48,50)(H,49,52)(H,59,60,61);;/q;2*+1/p-2. The van der Waals surface area contributed by atoms with Crippen molar-refractivity contribution in [3.8, 4) is 28.4 Å². The first-order valence-electron chi connectivity index (χ1n) is 21.2. The van der Waals surface area contributed by atoms with Gasteiger partial charge < -0.3 is 24.6 Å². The Bertz CT molecular complexity index is 3430. The topological polar surface area (TPSA) is 264 Å². The maximum atomic E-state index is 14.8. The summed E-state index contributed by atoms with van der Waals surface area (Å²) in [4.78, 5) is 24.4. The molecular weight excluding hydrogens is 1020 g/mol. The number of hydrogen-bond donors (Lipinski definition) is 3. The molecule has 1 aliphatic carbocycles. The number of fused-ring (bicyclic) bond motifs is 3. The van der Waals surface area contributed by atoms with E-state index in [2.05, 4.69) is 54.4 Å². The molecule has 1 aliphatic heterocycles. The molecule has 2 heterocycles. The molecule has 18 nitrogen and oxygen atoms in total. The van der Waals surface area contributed by atoms with E-state index in [9.17, 15) is 39.9 Å². The number of ether oxygens (including phenoxy) is 2. The van der Waals surface area contributed by atoms with Gasteiger partial charge in [0.25, 0.3) is 10.0 Å². The quantitative estimate of drug-likeness (QED) is 0.0293. The minimum Gasteiger partial charge on any atom is -0.744 e. The van der Waals surface area contributed by atoms with Crippen LogP contribution in [-0.2, 0) is 45.0 Å². The molecule has 0 radical (unpaired) electrons.